The first-order valence-corrected chi connectivity index (χ1v) is 7.69. The Morgan fingerprint density at radius 1 is 1.35 bits per heavy atom. The Hall–Kier alpha value is -1.34. The van der Waals surface area contributed by atoms with Gasteiger partial charge in [-0.1, -0.05) is 12.1 Å². The highest BCUT2D eigenvalue weighted by atomic mass is 35.5. The number of β-amino-alcohol motifs (C(OH)–C–C–N with tert-alkyl or cyclic N) is 1. The van der Waals surface area contributed by atoms with Gasteiger partial charge in [0.2, 0.25) is 0 Å². The molecule has 2 atom stereocenters. The van der Waals surface area contributed by atoms with Gasteiger partial charge in [0.15, 0.2) is 0 Å². The van der Waals surface area contributed by atoms with Crippen LogP contribution in [0.5, 0.6) is 5.75 Å². The summed E-state index contributed by atoms with van der Waals surface area (Å²) in [5, 5.41) is 15.7. The summed E-state index contributed by atoms with van der Waals surface area (Å²) in [6, 6.07) is 7.13. The molecule has 7 heteroatoms. The molecule has 0 aliphatic carbocycles. The van der Waals surface area contributed by atoms with Crippen LogP contribution in [0.15, 0.2) is 24.3 Å². The number of hydrogen-bond acceptors (Lipinski definition) is 5. The van der Waals surface area contributed by atoms with Crippen LogP contribution in [0.3, 0.4) is 0 Å². The van der Waals surface area contributed by atoms with Crippen molar-refractivity contribution in [2.75, 3.05) is 39.5 Å². The van der Waals surface area contributed by atoms with E-state index in [1.165, 1.54) is 0 Å². The predicted octanol–water partition coefficient (Wildman–Crippen LogP) is 0.834. The smallest absolute Gasteiger partial charge is 0.255 e. The lowest BCUT2D eigenvalue weighted by molar-refractivity contribution is 0.0912. The van der Waals surface area contributed by atoms with Crippen LogP contribution in [-0.2, 0) is 4.74 Å². The molecule has 1 heterocycles. The molecule has 0 spiro atoms. The van der Waals surface area contributed by atoms with Crippen molar-refractivity contribution in [2.45, 2.75) is 13.0 Å². The third kappa shape index (κ3) is 5.99. The van der Waals surface area contributed by atoms with Gasteiger partial charge < -0.3 is 25.2 Å². The van der Waals surface area contributed by atoms with E-state index in [2.05, 4.69) is 10.6 Å². The Morgan fingerprint density at radius 2 is 2.13 bits per heavy atom. The maximum Gasteiger partial charge on any atom is 0.255 e. The molecule has 1 aliphatic heterocycles. The van der Waals surface area contributed by atoms with E-state index in [4.69, 9.17) is 9.47 Å². The van der Waals surface area contributed by atoms with Crippen LogP contribution in [0, 0.1) is 5.92 Å². The number of rotatable bonds is 8. The average molecular weight is 345 g/mol. The van der Waals surface area contributed by atoms with Crippen LogP contribution < -0.4 is 15.4 Å². The topological polar surface area (TPSA) is 79.8 Å². The number of hydrogen-bond donors (Lipinski definition) is 3. The number of amides is 1. The summed E-state index contributed by atoms with van der Waals surface area (Å²) in [6.07, 6.45) is -0.405. The Bertz CT molecular complexity index is 487. The minimum atomic E-state index is -0.405. The van der Waals surface area contributed by atoms with Crippen molar-refractivity contribution >= 4 is 18.3 Å². The van der Waals surface area contributed by atoms with Crippen LogP contribution in [0.2, 0.25) is 0 Å². The molecular formula is C16H25ClN2O4. The second-order valence-corrected chi connectivity index (χ2v) is 5.24. The first kappa shape index (κ1) is 19.7. The Labute approximate surface area is 143 Å². The predicted molar refractivity (Wildman–Crippen MR) is 90.4 cm³/mol. The first-order valence-electron chi connectivity index (χ1n) is 7.69. The molecule has 2 rings (SSSR count). The van der Waals surface area contributed by atoms with Crippen LogP contribution in [0.25, 0.3) is 0 Å². The second-order valence-electron chi connectivity index (χ2n) is 5.24. The zero-order valence-corrected chi connectivity index (χ0v) is 14.1. The fourth-order valence-corrected chi connectivity index (χ4v) is 2.38. The average Bonchev–Trinajstić information content (AvgIpc) is 2.95. The van der Waals surface area contributed by atoms with Crippen molar-refractivity contribution in [3.05, 3.63) is 29.8 Å². The lowest BCUT2D eigenvalue weighted by atomic mass is 10.1. The monoisotopic (exact) mass is 344 g/mol. The maximum atomic E-state index is 12.3. The van der Waals surface area contributed by atoms with Gasteiger partial charge in [-0.15, -0.1) is 12.4 Å². The van der Waals surface area contributed by atoms with E-state index in [1.54, 1.807) is 18.2 Å². The first-order chi connectivity index (χ1) is 10.7. The highest BCUT2D eigenvalue weighted by Gasteiger charge is 2.25. The fourth-order valence-electron chi connectivity index (χ4n) is 2.38. The SMILES string of the molecule is CCOCCOc1ccccc1C(=O)NCC1CNCC1O.Cl. The van der Waals surface area contributed by atoms with E-state index in [0.717, 1.165) is 0 Å². The van der Waals surface area contributed by atoms with Crippen molar-refractivity contribution in [3.63, 3.8) is 0 Å². The van der Waals surface area contributed by atoms with Crippen molar-refractivity contribution in [1.82, 2.24) is 10.6 Å². The Balaban J connectivity index is 0.00000264. The molecule has 6 nitrogen and oxygen atoms in total. The number of benzene rings is 1. The third-order valence-electron chi connectivity index (χ3n) is 3.65. The van der Waals surface area contributed by atoms with Crippen molar-refractivity contribution in [2.24, 2.45) is 5.92 Å². The zero-order chi connectivity index (χ0) is 15.8. The molecule has 1 amide bonds. The summed E-state index contributed by atoms with van der Waals surface area (Å²) in [7, 11) is 0. The number of aliphatic hydroxyl groups excluding tert-OH is 1. The molecule has 0 aromatic heterocycles. The number of carbonyl (C=O) groups excluding carboxylic acids is 1. The van der Waals surface area contributed by atoms with E-state index in [-0.39, 0.29) is 24.2 Å². The van der Waals surface area contributed by atoms with E-state index in [0.29, 0.717) is 50.8 Å². The highest BCUT2D eigenvalue weighted by molar-refractivity contribution is 5.96. The molecule has 1 aliphatic rings. The summed E-state index contributed by atoms with van der Waals surface area (Å²) in [4.78, 5) is 12.3. The van der Waals surface area contributed by atoms with Gasteiger partial charge in [0.05, 0.1) is 18.3 Å². The lowest BCUT2D eigenvalue weighted by Crippen LogP contribution is -2.34. The van der Waals surface area contributed by atoms with Gasteiger partial charge in [-0.05, 0) is 19.1 Å². The minimum absolute atomic E-state index is 0. The van der Waals surface area contributed by atoms with Crippen molar-refractivity contribution in [1.29, 1.82) is 0 Å². The molecule has 1 aromatic carbocycles. The summed E-state index contributed by atoms with van der Waals surface area (Å²) in [5.74, 6) is 0.408. The van der Waals surface area contributed by atoms with Crippen molar-refractivity contribution < 1.29 is 19.4 Å². The molecule has 0 saturated carbocycles. The number of nitrogens with one attached hydrogen (secondary N) is 2. The van der Waals surface area contributed by atoms with Gasteiger partial charge in [0.1, 0.15) is 12.4 Å². The largest absolute Gasteiger partial charge is 0.490 e. The van der Waals surface area contributed by atoms with Crippen LogP contribution in [-0.4, -0.2) is 56.6 Å². The van der Waals surface area contributed by atoms with Crippen LogP contribution in [0.1, 0.15) is 17.3 Å². The van der Waals surface area contributed by atoms with Gasteiger partial charge in [0.25, 0.3) is 5.91 Å². The normalized spacial score (nSPS) is 19.9. The third-order valence-corrected chi connectivity index (χ3v) is 3.65. The molecule has 0 bridgehead atoms. The molecule has 1 fully saturated rings. The van der Waals surface area contributed by atoms with E-state index >= 15 is 0 Å². The minimum Gasteiger partial charge on any atom is -0.490 e. The summed E-state index contributed by atoms with van der Waals surface area (Å²) >= 11 is 0. The Morgan fingerprint density at radius 3 is 2.83 bits per heavy atom. The van der Waals surface area contributed by atoms with Gasteiger partial charge in [0, 0.05) is 32.2 Å². The van der Waals surface area contributed by atoms with Gasteiger partial charge >= 0.3 is 0 Å². The number of ether oxygens (including phenoxy) is 2. The standard InChI is InChI=1S/C16H24N2O4.ClH/c1-2-21-7-8-22-15-6-4-3-5-13(15)16(20)18-10-12-9-17-11-14(12)19;/h3-6,12,14,17,19H,2,7-11H2,1H3,(H,18,20);1H. The maximum absolute atomic E-state index is 12.3. The van der Waals surface area contributed by atoms with Gasteiger partial charge in [-0.3, -0.25) is 4.79 Å². The molecule has 130 valence electrons. The fraction of sp³-hybridized carbons (Fsp3) is 0.562. The molecule has 23 heavy (non-hydrogen) atoms. The number of aliphatic hydroxyl groups is 1. The van der Waals surface area contributed by atoms with Gasteiger partial charge in [-0.25, -0.2) is 0 Å². The van der Waals surface area contributed by atoms with Crippen LogP contribution >= 0.6 is 12.4 Å². The summed E-state index contributed by atoms with van der Waals surface area (Å²) < 4.78 is 10.8. The summed E-state index contributed by atoms with van der Waals surface area (Å²) in [6.45, 7) is 5.21. The van der Waals surface area contributed by atoms with Gasteiger partial charge in [-0.2, -0.15) is 0 Å². The highest BCUT2D eigenvalue weighted by Crippen LogP contribution is 2.18. The number of carbonyl (C=O) groups is 1. The van der Waals surface area contributed by atoms with E-state index in [9.17, 15) is 9.90 Å². The molecule has 0 radical (unpaired) electrons. The zero-order valence-electron chi connectivity index (χ0n) is 13.3. The number of halogens is 1. The summed E-state index contributed by atoms with van der Waals surface area (Å²) in [5.41, 5.74) is 0.499. The number of para-hydroxylation sites is 1. The molecule has 1 saturated heterocycles. The molecule has 2 unspecified atom stereocenters. The van der Waals surface area contributed by atoms with Crippen molar-refractivity contribution in [3.8, 4) is 5.75 Å². The van der Waals surface area contributed by atoms with E-state index < -0.39 is 6.10 Å². The molecule has 1 aromatic rings. The molecule has 3 N–H and O–H groups in total. The Kier molecular flexibility index (Phi) is 8.94. The van der Waals surface area contributed by atoms with E-state index in [1.807, 2.05) is 13.0 Å². The quantitative estimate of drug-likeness (QED) is 0.609. The van der Waals surface area contributed by atoms with Crippen LogP contribution in [0.4, 0.5) is 0 Å². The lowest BCUT2D eigenvalue weighted by Gasteiger charge is -2.15. The second kappa shape index (κ2) is 10.4. The molecular weight excluding hydrogens is 320 g/mol.